The number of Topliss-reactive ketones (excluding diaryl/α,β-unsaturated/α-hetero) is 3. The van der Waals surface area contributed by atoms with Crippen molar-refractivity contribution in [2.45, 2.75) is 520 Å². The molecule has 0 aromatic heterocycles. The molecule has 10 unspecified atom stereocenters. The molecule has 0 bridgehead atoms. The third-order valence-corrected chi connectivity index (χ3v) is 45.7. The van der Waals surface area contributed by atoms with Gasteiger partial charge in [-0.3, -0.25) is 14.4 Å². The Bertz CT molecular complexity index is 5120. The summed E-state index contributed by atoms with van der Waals surface area (Å²) in [5, 5.41) is 116. The standard InChI is InChI=1S/C40H65NO8.C30H50O5.C30H48O5.C11H21NO3.C6HF5O.CH4I.CH4/c1-22(2)28(41-32(45)49-33(3,4)5)31(44)47-24-19-25-37(11)20-23(42)29(38(12)15-14-27(48-38)35(8,9)46)36(37,10)17-18-39(25)21-40(39)16-13-26(43)34(6,7)30(24)40;2*1-24(2)20(33)8-11-30-16-29(30)13-12-26(5)23(28(7)10-9-21(35-28)25(3,4)34)18(32)15-27(26,6)19(29)14-17(31)22(24)30;1-7(2)9(8(3)13)12-10(14)15-11(4,5)6;7-1-2(8)4(10)6(12)5(11)3(1)9;1-2;/h22-25,27-30,42,46H,13-21H2,1-12H3,(H,41,45);17-23,31-34H,8-16H2,1-7H3;17-19,21-23,31-32,34H,8-16H2,1-7H3;7,9H,1-6H3,(H,12,14);12H;2H,1H3;1H4/q;;;;;-1;/t23-,24-,25?,27-,28?,29-,30-,36+,37-,38+,39?,40?;17-,18-,19?,20-,21-,22-,23-,26+,27-,28+,29?,30?;17-,18-,19?,21-,22-,23-,26+,27-,28+,29?,30?;9-;;;/m0000.../s1/i;;;;;2D;. The number of aliphatic hydroxyl groups excluding tert-OH is 6. The first-order chi connectivity index (χ1) is 67.8. The number of ether oxygens (including phenoxy) is 6. The van der Waals surface area contributed by atoms with E-state index in [-0.39, 0.29) is 189 Å². The van der Waals surface area contributed by atoms with Crippen LogP contribution in [0.1, 0.15) is 402 Å². The topological polar surface area (TPSA) is 384 Å². The van der Waals surface area contributed by atoms with Crippen molar-refractivity contribution in [2.75, 3.05) is 4.93 Å². The summed E-state index contributed by atoms with van der Waals surface area (Å²) in [5.41, 5.74) is -7.08. The Balaban J connectivity index is 0.000000166. The molecule has 854 valence electrons. The van der Waals surface area contributed by atoms with E-state index in [0.29, 0.717) is 43.3 Å². The van der Waals surface area contributed by atoms with Gasteiger partial charge in [0.25, 0.3) is 0 Å². The number of aromatic hydroxyl groups is 1. The van der Waals surface area contributed by atoms with Crippen LogP contribution in [0, 0.1) is 175 Å². The molecule has 6 spiro atoms. The molecule has 2 amide bonds. The molecular weight excluding hydrogens is 2030 g/mol. The van der Waals surface area contributed by atoms with Crippen LogP contribution in [0.5, 0.6) is 5.75 Å². The third-order valence-electron chi connectivity index (χ3n) is 45.7. The van der Waals surface area contributed by atoms with Crippen LogP contribution in [-0.4, -0.2) is 210 Å². The Morgan fingerprint density at radius 2 is 0.711 bits per heavy atom. The van der Waals surface area contributed by atoms with Gasteiger partial charge in [0, 0.05) is 53.3 Å². The summed E-state index contributed by atoms with van der Waals surface area (Å²) in [6, 6.07) is -1.37. The summed E-state index contributed by atoms with van der Waals surface area (Å²) in [6.45, 7) is 64.1. The van der Waals surface area contributed by atoms with Crippen molar-refractivity contribution in [3.05, 3.63) is 29.1 Å². The molecule has 18 aliphatic rings. The molecule has 1 aromatic rings. The number of esters is 1. The van der Waals surface area contributed by atoms with E-state index in [1.807, 2.05) is 74.2 Å². The van der Waals surface area contributed by atoms with Crippen molar-refractivity contribution in [3.63, 3.8) is 0 Å². The molecule has 3 heterocycles. The fraction of sp³-hybridized carbons (Fsp3) is 0.899. The van der Waals surface area contributed by atoms with Gasteiger partial charge in [0.1, 0.15) is 34.9 Å². The fourth-order valence-corrected chi connectivity index (χ4v) is 39.0. The molecular formula is C119H193F5IN2O22-. The molecule has 0 radical (unpaired) electrons. The molecule has 24 nitrogen and oxygen atoms in total. The minimum atomic E-state index is -2.29. The Hall–Kier alpha value is -4.06. The summed E-state index contributed by atoms with van der Waals surface area (Å²) in [7, 11) is 0. The summed E-state index contributed by atoms with van der Waals surface area (Å²) < 4.78 is 104. The van der Waals surface area contributed by atoms with E-state index in [1.54, 1.807) is 55.4 Å². The van der Waals surface area contributed by atoms with Crippen molar-refractivity contribution in [2.24, 2.45) is 146 Å². The van der Waals surface area contributed by atoms with Gasteiger partial charge in [-0.2, -0.15) is 8.78 Å². The van der Waals surface area contributed by atoms with E-state index >= 15 is 0 Å². The summed E-state index contributed by atoms with van der Waals surface area (Å²) in [5.74, 6) is -12.1. The van der Waals surface area contributed by atoms with Crippen LogP contribution in [0.15, 0.2) is 0 Å². The van der Waals surface area contributed by atoms with Gasteiger partial charge < -0.3 is 90.1 Å². The molecule has 12 N–H and O–H groups in total. The zero-order valence-electron chi connectivity index (χ0n) is 96.5. The number of benzene rings is 1. The van der Waals surface area contributed by atoms with E-state index < -0.39 is 157 Å². The number of rotatable bonds is 13. The van der Waals surface area contributed by atoms with E-state index in [2.05, 4.69) is 101 Å². The van der Waals surface area contributed by atoms with Gasteiger partial charge in [0.2, 0.25) is 29.1 Å². The number of alkyl halides is 1. The molecule has 3 saturated heterocycles. The number of carbonyl (C=O) groups excluding carboxylic acids is 6. The molecule has 149 heavy (non-hydrogen) atoms. The quantitative estimate of drug-likeness (QED) is 0.0166. The van der Waals surface area contributed by atoms with Gasteiger partial charge in [0.15, 0.2) is 11.5 Å². The van der Waals surface area contributed by atoms with E-state index in [0.717, 1.165) is 141 Å². The molecule has 19 rings (SSSR count). The Morgan fingerprint density at radius 3 is 1.03 bits per heavy atom. The molecule has 15 aliphatic carbocycles. The van der Waals surface area contributed by atoms with Gasteiger partial charge in [-0.25, -0.2) is 27.6 Å². The second-order valence-corrected chi connectivity index (χ2v) is 58.9. The van der Waals surface area contributed by atoms with Gasteiger partial charge in [-0.05, 0) is 377 Å². The molecule has 36 atom stereocenters. The number of halogens is 6. The number of ketones is 3. The van der Waals surface area contributed by atoms with Crippen LogP contribution in [-0.2, 0) is 47.6 Å². The zero-order valence-corrected chi connectivity index (χ0v) is 97.7. The number of aliphatic hydroxyl groups is 9. The van der Waals surface area contributed by atoms with Gasteiger partial charge in [-0.15, -0.1) is 0 Å². The Labute approximate surface area is 900 Å². The van der Waals surface area contributed by atoms with E-state index in [1.165, 1.54) is 13.3 Å². The average molecular weight is 2230 g/mol. The third kappa shape index (κ3) is 19.0. The van der Waals surface area contributed by atoms with Crippen molar-refractivity contribution in [1.82, 2.24) is 10.6 Å². The fourth-order valence-electron chi connectivity index (χ4n) is 39.0. The first-order valence-corrected chi connectivity index (χ1v) is 58.1. The van der Waals surface area contributed by atoms with Gasteiger partial charge >= 0.3 is 46.1 Å². The number of fused-ring (bicyclic) bond motifs is 6. The number of carbonyl (C=O) groups is 6. The molecule has 3 aliphatic heterocycles. The number of alkyl carbamates (subject to hydrolysis) is 2. The predicted octanol–water partition coefficient (Wildman–Crippen LogP) is 17.6. The maximum absolute atomic E-state index is 14.1. The van der Waals surface area contributed by atoms with Crippen LogP contribution in [0.4, 0.5) is 31.5 Å². The summed E-state index contributed by atoms with van der Waals surface area (Å²) >= 11 is -0.160. The van der Waals surface area contributed by atoms with E-state index in [4.69, 9.17) is 34.1 Å². The van der Waals surface area contributed by atoms with Crippen LogP contribution >= 0.6 is 0 Å². The molecule has 30 heteroatoms. The van der Waals surface area contributed by atoms with Crippen molar-refractivity contribution in [1.29, 1.82) is 0.594 Å². The van der Waals surface area contributed by atoms with Gasteiger partial charge in [0.05, 0.1) is 94.6 Å². The Kier molecular flexibility index (Phi) is 31.7. The number of phenolic OH excluding ortho intramolecular Hbond substituents is 1. The number of nitrogens with one attached hydrogen (secondary N) is 2. The number of amides is 2. The van der Waals surface area contributed by atoms with Crippen LogP contribution in [0.2, 0.25) is 0 Å². The number of hydrogen-bond acceptors (Lipinski definition) is 22. The SMILES string of the molecule is C.CC(=O)[C@@H](NC(=O)OC(C)(C)C)C(C)C.CC(C)(O)[C@@H]1CC[C@](C)([C@H]2[C@@H](O)C[C@@]3(C)C4C[C@H](O)[C@H]5C(C)(C)C(=O)CCC56CC46CC[C@]23C)O1.CC(C)(O)[C@@H]1CC[C@](C)([C@H]2[C@@H](O)C[C@@]3(C)C4C[C@H](O)[C@H]5C(C)(C)[C@@H](O)CCC56CC46CC[C@]23C)O1.CC(C)C(NC(=O)OC(C)(C)C)C(=O)O[C@H]1CC2C3(CC[C@]4(C)[C@@H]([C@@]5(C)CC[C@@H](C(C)(C)O)O5)[C@@H](O)C[C@@]24C)CC32CCC(=O)C(C)(C)[C@H]12.Oc1c(F)c(F)c(F)c(F)c1F.[2H][I-]C. The normalized spacial score (nSPS) is 45.7. The van der Waals surface area contributed by atoms with Gasteiger partial charge in [-0.1, -0.05) is 118 Å². The first kappa shape index (κ1) is 120. The van der Waals surface area contributed by atoms with Crippen LogP contribution < -0.4 is 33.0 Å². The molecule has 1 aromatic carbocycles. The number of phenols is 1. The predicted molar refractivity (Wildman–Crippen MR) is 554 cm³/mol. The second-order valence-electron chi connectivity index (χ2n) is 58.9. The average Bonchev–Trinajstić information content (AvgIpc) is 1.46. The maximum atomic E-state index is 14.1. The summed E-state index contributed by atoms with van der Waals surface area (Å²) in [4.78, 5) is 78.0. The van der Waals surface area contributed by atoms with Crippen molar-refractivity contribution >= 4 is 35.5 Å². The van der Waals surface area contributed by atoms with Crippen molar-refractivity contribution in [3.8, 4) is 5.75 Å². The summed E-state index contributed by atoms with van der Waals surface area (Å²) in [6.07, 6.45) is 18.8. The Morgan fingerprint density at radius 1 is 0.409 bits per heavy atom. The van der Waals surface area contributed by atoms with Crippen LogP contribution in [0.3, 0.4) is 0 Å². The monoisotopic (exact) mass is 2230 g/mol. The molecule has 15 saturated carbocycles. The molecule has 18 fully saturated rings. The van der Waals surface area contributed by atoms with Crippen LogP contribution in [0.25, 0.3) is 0 Å². The van der Waals surface area contributed by atoms with Crippen molar-refractivity contribution < 1.29 is 153 Å². The number of hydrogen-bond donors (Lipinski definition) is 12. The minimum absolute atomic E-state index is 0. The first-order valence-electron chi connectivity index (χ1n) is 56.4. The van der Waals surface area contributed by atoms with E-state index in [9.17, 15) is 96.7 Å². The second kappa shape index (κ2) is 39.2. The zero-order chi connectivity index (χ0) is 112.